The summed E-state index contributed by atoms with van der Waals surface area (Å²) in [6, 6.07) is 16.4. The molecule has 0 radical (unpaired) electrons. The van der Waals surface area contributed by atoms with Gasteiger partial charge in [-0.2, -0.15) is 0 Å². The Balaban J connectivity index is 1.68. The molecule has 7 heteroatoms. The number of aromatic nitrogens is 1. The van der Waals surface area contributed by atoms with Crippen LogP contribution >= 0.6 is 0 Å². The number of hydrogen-bond donors (Lipinski definition) is 1. The van der Waals surface area contributed by atoms with Gasteiger partial charge in [0.2, 0.25) is 5.88 Å². The fraction of sp³-hybridized carbons (Fsp3) is 0.100. The lowest BCUT2D eigenvalue weighted by Gasteiger charge is -2.09. The third-order valence-corrected chi connectivity index (χ3v) is 3.65. The van der Waals surface area contributed by atoms with E-state index in [9.17, 15) is 14.4 Å². The van der Waals surface area contributed by atoms with Gasteiger partial charge in [0.05, 0.1) is 11.3 Å². The number of rotatable bonds is 6. The third kappa shape index (κ3) is 4.46. The van der Waals surface area contributed by atoms with Crippen LogP contribution in [0.1, 0.15) is 32.0 Å². The molecule has 3 aromatic rings. The summed E-state index contributed by atoms with van der Waals surface area (Å²) >= 11 is 0. The van der Waals surface area contributed by atoms with E-state index >= 15 is 0 Å². The van der Waals surface area contributed by atoms with Gasteiger partial charge in [-0.25, -0.2) is 4.79 Å². The minimum absolute atomic E-state index is 0.0923. The molecule has 1 heterocycles. The van der Waals surface area contributed by atoms with Crippen molar-refractivity contribution in [2.24, 2.45) is 0 Å². The Labute approximate surface area is 154 Å². The van der Waals surface area contributed by atoms with Crippen molar-refractivity contribution in [2.75, 3.05) is 11.9 Å². The van der Waals surface area contributed by atoms with Crippen molar-refractivity contribution in [3.05, 3.63) is 83.0 Å². The highest BCUT2D eigenvalue weighted by atomic mass is 16.5. The number of aryl methyl sites for hydroxylation is 1. The molecule has 0 saturated heterocycles. The molecule has 0 unspecified atom stereocenters. The predicted octanol–water partition coefficient (Wildman–Crippen LogP) is 3.01. The highest BCUT2D eigenvalue weighted by molar-refractivity contribution is 6.14. The average molecular weight is 364 g/mol. The van der Waals surface area contributed by atoms with Crippen LogP contribution in [-0.4, -0.2) is 29.4 Å². The summed E-state index contributed by atoms with van der Waals surface area (Å²) in [5.41, 5.74) is 1.36. The van der Waals surface area contributed by atoms with Gasteiger partial charge in [-0.15, -0.1) is 0 Å². The van der Waals surface area contributed by atoms with Crippen LogP contribution in [0.5, 0.6) is 0 Å². The maximum Gasteiger partial charge on any atom is 0.339 e. The number of ketones is 1. The number of amides is 1. The van der Waals surface area contributed by atoms with E-state index in [-0.39, 0.29) is 22.8 Å². The van der Waals surface area contributed by atoms with E-state index in [1.54, 1.807) is 55.5 Å². The van der Waals surface area contributed by atoms with Crippen LogP contribution in [0.25, 0.3) is 0 Å². The summed E-state index contributed by atoms with van der Waals surface area (Å²) in [5.74, 6) is -1.48. The molecule has 0 atom stereocenters. The summed E-state index contributed by atoms with van der Waals surface area (Å²) < 4.78 is 9.89. The molecule has 3 rings (SSSR count). The third-order valence-electron chi connectivity index (χ3n) is 3.65. The van der Waals surface area contributed by atoms with E-state index < -0.39 is 18.5 Å². The van der Waals surface area contributed by atoms with Crippen molar-refractivity contribution in [1.82, 2.24) is 5.16 Å². The summed E-state index contributed by atoms with van der Waals surface area (Å²) in [6.45, 7) is 1.19. The largest absolute Gasteiger partial charge is 0.452 e. The van der Waals surface area contributed by atoms with E-state index in [0.717, 1.165) is 0 Å². The van der Waals surface area contributed by atoms with Crippen molar-refractivity contribution in [3.63, 3.8) is 0 Å². The molecule has 0 spiro atoms. The molecule has 0 saturated carbocycles. The number of nitrogens with zero attached hydrogens (tertiary/aromatic N) is 1. The molecule has 7 nitrogen and oxygen atoms in total. The second-order valence-corrected chi connectivity index (χ2v) is 5.70. The molecule has 1 amide bonds. The van der Waals surface area contributed by atoms with Crippen molar-refractivity contribution < 1.29 is 23.6 Å². The molecule has 0 aliphatic carbocycles. The molecular formula is C20H16N2O5. The maximum atomic E-state index is 12.6. The number of anilines is 1. The van der Waals surface area contributed by atoms with Crippen LogP contribution in [0.3, 0.4) is 0 Å². The van der Waals surface area contributed by atoms with Crippen molar-refractivity contribution >= 4 is 23.5 Å². The van der Waals surface area contributed by atoms with Crippen LogP contribution in [0.4, 0.5) is 5.88 Å². The summed E-state index contributed by atoms with van der Waals surface area (Å²) in [7, 11) is 0. The van der Waals surface area contributed by atoms with Gasteiger partial charge in [-0.3, -0.25) is 14.9 Å². The SMILES string of the molecule is Cc1cc(NC(=O)COC(=O)c2ccccc2C(=O)c2ccccc2)on1. The molecular weight excluding hydrogens is 348 g/mol. The molecule has 0 bridgehead atoms. The highest BCUT2D eigenvalue weighted by Gasteiger charge is 2.20. The van der Waals surface area contributed by atoms with Gasteiger partial charge in [0, 0.05) is 17.2 Å². The number of hydrogen-bond acceptors (Lipinski definition) is 6. The first-order valence-corrected chi connectivity index (χ1v) is 8.13. The van der Waals surface area contributed by atoms with E-state index in [1.807, 2.05) is 0 Å². The number of benzene rings is 2. The van der Waals surface area contributed by atoms with Crippen molar-refractivity contribution in [2.45, 2.75) is 6.92 Å². The monoisotopic (exact) mass is 364 g/mol. The van der Waals surface area contributed by atoms with Crippen LogP contribution in [-0.2, 0) is 9.53 Å². The lowest BCUT2D eigenvalue weighted by molar-refractivity contribution is -0.119. The molecule has 0 fully saturated rings. The van der Waals surface area contributed by atoms with Crippen LogP contribution in [0, 0.1) is 6.92 Å². The quantitative estimate of drug-likeness (QED) is 0.533. The minimum Gasteiger partial charge on any atom is -0.452 e. The Hall–Kier alpha value is -3.74. The number of carbonyl (C=O) groups excluding carboxylic acids is 3. The Bertz CT molecular complexity index is 979. The topological polar surface area (TPSA) is 98.5 Å². The van der Waals surface area contributed by atoms with Crippen molar-refractivity contribution in [1.29, 1.82) is 0 Å². The van der Waals surface area contributed by atoms with Gasteiger partial charge in [0.25, 0.3) is 5.91 Å². The standard InChI is InChI=1S/C20H16N2O5/c1-13-11-18(27-22-13)21-17(23)12-26-20(25)16-10-6-5-9-15(16)19(24)14-7-3-2-4-8-14/h2-11H,12H2,1H3,(H,21,23). The molecule has 136 valence electrons. The minimum atomic E-state index is -0.765. The zero-order valence-electron chi connectivity index (χ0n) is 14.5. The molecule has 2 aromatic carbocycles. The Kier molecular flexibility index (Phi) is 5.41. The molecule has 1 N–H and O–H groups in total. The predicted molar refractivity (Wildman–Crippen MR) is 96.5 cm³/mol. The normalized spacial score (nSPS) is 10.3. The summed E-state index contributed by atoms with van der Waals surface area (Å²) in [4.78, 5) is 36.9. The fourth-order valence-corrected chi connectivity index (χ4v) is 2.41. The van der Waals surface area contributed by atoms with Gasteiger partial charge < -0.3 is 9.26 Å². The molecule has 0 aliphatic heterocycles. The first kappa shape index (κ1) is 18.1. The van der Waals surface area contributed by atoms with Crippen LogP contribution in [0.2, 0.25) is 0 Å². The van der Waals surface area contributed by atoms with Gasteiger partial charge in [0.1, 0.15) is 0 Å². The van der Waals surface area contributed by atoms with E-state index in [4.69, 9.17) is 9.26 Å². The molecule has 0 aliphatic rings. The smallest absolute Gasteiger partial charge is 0.339 e. The van der Waals surface area contributed by atoms with Crippen LogP contribution in [0.15, 0.2) is 65.2 Å². The molecule has 1 aromatic heterocycles. The fourth-order valence-electron chi connectivity index (χ4n) is 2.41. The number of ether oxygens (including phenoxy) is 1. The van der Waals surface area contributed by atoms with Gasteiger partial charge in [-0.05, 0) is 13.0 Å². The maximum absolute atomic E-state index is 12.6. The van der Waals surface area contributed by atoms with E-state index in [2.05, 4.69) is 10.5 Å². The van der Waals surface area contributed by atoms with Gasteiger partial charge >= 0.3 is 5.97 Å². The second-order valence-electron chi connectivity index (χ2n) is 5.70. The second kappa shape index (κ2) is 8.09. The first-order chi connectivity index (χ1) is 13.0. The summed E-state index contributed by atoms with van der Waals surface area (Å²) in [6.07, 6.45) is 0. The lowest BCUT2D eigenvalue weighted by Crippen LogP contribution is -2.21. The average Bonchev–Trinajstić information content (AvgIpc) is 3.10. The number of carbonyl (C=O) groups is 3. The highest BCUT2D eigenvalue weighted by Crippen LogP contribution is 2.16. The van der Waals surface area contributed by atoms with E-state index in [1.165, 1.54) is 12.1 Å². The Morgan fingerprint density at radius 1 is 1.00 bits per heavy atom. The summed E-state index contributed by atoms with van der Waals surface area (Å²) in [5, 5.41) is 6.06. The van der Waals surface area contributed by atoms with Crippen LogP contribution < -0.4 is 5.32 Å². The zero-order chi connectivity index (χ0) is 19.2. The Morgan fingerprint density at radius 3 is 2.33 bits per heavy atom. The number of esters is 1. The zero-order valence-corrected chi connectivity index (χ0v) is 14.5. The van der Waals surface area contributed by atoms with Crippen molar-refractivity contribution in [3.8, 4) is 0 Å². The molecule has 27 heavy (non-hydrogen) atoms. The number of nitrogens with one attached hydrogen (secondary N) is 1. The van der Waals surface area contributed by atoms with Gasteiger partial charge in [-0.1, -0.05) is 53.7 Å². The Morgan fingerprint density at radius 2 is 1.67 bits per heavy atom. The first-order valence-electron chi connectivity index (χ1n) is 8.13. The van der Waals surface area contributed by atoms with Gasteiger partial charge in [0.15, 0.2) is 12.4 Å². The van der Waals surface area contributed by atoms with E-state index in [0.29, 0.717) is 11.3 Å². The lowest BCUT2D eigenvalue weighted by atomic mass is 9.98.